The molecule has 3 N–H and O–H groups in total. The summed E-state index contributed by atoms with van der Waals surface area (Å²) in [5.74, 6) is 1.05. The summed E-state index contributed by atoms with van der Waals surface area (Å²) in [6.45, 7) is 4.08. The summed E-state index contributed by atoms with van der Waals surface area (Å²) in [5.41, 5.74) is 8.17. The normalized spacial score (nSPS) is 20.9. The second kappa shape index (κ2) is 7.12. The van der Waals surface area contributed by atoms with E-state index in [0.29, 0.717) is 41.2 Å². The van der Waals surface area contributed by atoms with Gasteiger partial charge in [0.25, 0.3) is 0 Å². The first-order valence-electron chi connectivity index (χ1n) is 8.99. The van der Waals surface area contributed by atoms with Gasteiger partial charge in [0.1, 0.15) is 23.1 Å². The third-order valence-electron chi connectivity index (χ3n) is 5.24. The number of ketones is 1. The minimum Gasteiger partial charge on any atom is -0.496 e. The van der Waals surface area contributed by atoms with Gasteiger partial charge in [0, 0.05) is 35.4 Å². The van der Waals surface area contributed by atoms with Gasteiger partial charge < -0.3 is 25.3 Å². The van der Waals surface area contributed by atoms with E-state index in [1.165, 1.54) is 14.2 Å². The minimum absolute atomic E-state index is 0.0103. The first-order chi connectivity index (χ1) is 13.3. The molecule has 2 aliphatic rings. The maximum Gasteiger partial charge on any atom is 0.162 e. The van der Waals surface area contributed by atoms with Crippen molar-refractivity contribution in [3.63, 3.8) is 0 Å². The van der Waals surface area contributed by atoms with Crippen LogP contribution in [0.25, 0.3) is 0 Å². The van der Waals surface area contributed by atoms with E-state index in [4.69, 9.17) is 19.9 Å². The predicted molar refractivity (Wildman–Crippen MR) is 104 cm³/mol. The number of nitrogens with two attached hydrogens (primary N) is 1. The molecule has 1 aromatic rings. The highest BCUT2D eigenvalue weighted by molar-refractivity contribution is 6.00. The Morgan fingerprint density at radius 3 is 2.25 bits per heavy atom. The molecular weight excluding hydrogens is 358 g/mol. The van der Waals surface area contributed by atoms with Crippen LogP contribution in [-0.4, -0.2) is 27.1 Å². The van der Waals surface area contributed by atoms with Gasteiger partial charge in [-0.3, -0.25) is 4.79 Å². The van der Waals surface area contributed by atoms with E-state index >= 15 is 0 Å². The number of allylic oxidation sites excluding steroid dienone is 3. The molecule has 7 nitrogen and oxygen atoms in total. The Kier molecular flexibility index (Phi) is 4.99. The Bertz CT molecular complexity index is 912. The molecule has 1 aliphatic heterocycles. The van der Waals surface area contributed by atoms with Gasteiger partial charge in [0.15, 0.2) is 5.78 Å². The molecule has 0 saturated carbocycles. The highest BCUT2D eigenvalue weighted by Gasteiger charge is 2.43. The third kappa shape index (κ3) is 3.15. The van der Waals surface area contributed by atoms with Crippen molar-refractivity contribution < 1.29 is 19.0 Å². The topological polar surface area (TPSA) is 107 Å². The lowest BCUT2D eigenvalue weighted by Gasteiger charge is -2.38. The summed E-state index contributed by atoms with van der Waals surface area (Å²) in [6.07, 6.45) is 1.05. The summed E-state index contributed by atoms with van der Waals surface area (Å²) in [6, 6.07) is 5.59. The van der Waals surface area contributed by atoms with E-state index in [1.807, 2.05) is 13.8 Å². The van der Waals surface area contributed by atoms with Crippen molar-refractivity contribution in [2.75, 3.05) is 21.3 Å². The number of carbonyl (C=O) groups excluding carboxylic acids is 1. The molecule has 3 rings (SSSR count). The molecular formula is C21H25N3O4. The number of dihydropyridines is 1. The number of benzene rings is 1. The smallest absolute Gasteiger partial charge is 0.162 e. The lowest BCUT2D eigenvalue weighted by Crippen LogP contribution is -2.39. The first kappa shape index (κ1) is 19.6. The quantitative estimate of drug-likeness (QED) is 0.823. The van der Waals surface area contributed by atoms with Crippen LogP contribution in [0.3, 0.4) is 0 Å². The van der Waals surface area contributed by atoms with Gasteiger partial charge in [0.05, 0.1) is 38.9 Å². The summed E-state index contributed by atoms with van der Waals surface area (Å²) < 4.78 is 16.5. The zero-order valence-electron chi connectivity index (χ0n) is 16.8. The number of carbonyl (C=O) groups is 1. The molecule has 7 heteroatoms. The van der Waals surface area contributed by atoms with Crippen LogP contribution in [0, 0.1) is 16.7 Å². The predicted octanol–water partition coefficient (Wildman–Crippen LogP) is 2.74. The first-order valence-corrected chi connectivity index (χ1v) is 8.99. The molecule has 1 aliphatic carbocycles. The number of ether oxygens (including phenoxy) is 3. The number of methoxy groups -OCH3 is 3. The van der Waals surface area contributed by atoms with Crippen LogP contribution in [0.15, 0.2) is 34.8 Å². The van der Waals surface area contributed by atoms with Crippen LogP contribution in [0.4, 0.5) is 0 Å². The summed E-state index contributed by atoms with van der Waals surface area (Å²) in [5, 5.41) is 12.9. The molecule has 0 radical (unpaired) electrons. The number of nitriles is 1. The number of rotatable bonds is 4. The van der Waals surface area contributed by atoms with E-state index in [0.717, 1.165) is 5.70 Å². The fourth-order valence-corrected chi connectivity index (χ4v) is 4.04. The average Bonchev–Trinajstić information content (AvgIpc) is 2.64. The molecule has 0 amide bonds. The molecule has 1 heterocycles. The molecule has 0 fully saturated rings. The Hall–Kier alpha value is -3.14. The van der Waals surface area contributed by atoms with Gasteiger partial charge >= 0.3 is 0 Å². The van der Waals surface area contributed by atoms with E-state index in [2.05, 4.69) is 11.4 Å². The van der Waals surface area contributed by atoms with Crippen LogP contribution in [-0.2, 0) is 4.79 Å². The summed E-state index contributed by atoms with van der Waals surface area (Å²) >= 11 is 0. The fraction of sp³-hybridized carbons (Fsp3) is 0.429. The summed E-state index contributed by atoms with van der Waals surface area (Å²) in [4.78, 5) is 13.1. The third-order valence-corrected chi connectivity index (χ3v) is 5.24. The zero-order valence-corrected chi connectivity index (χ0v) is 16.8. The number of nitrogens with zero attached hydrogens (tertiary/aromatic N) is 1. The van der Waals surface area contributed by atoms with Gasteiger partial charge in [-0.25, -0.2) is 0 Å². The van der Waals surface area contributed by atoms with E-state index in [1.54, 1.807) is 19.2 Å². The van der Waals surface area contributed by atoms with Crippen LogP contribution in [0.5, 0.6) is 17.2 Å². The van der Waals surface area contributed by atoms with Gasteiger partial charge in [-0.05, 0) is 11.8 Å². The van der Waals surface area contributed by atoms with Crippen molar-refractivity contribution in [2.24, 2.45) is 11.1 Å². The van der Waals surface area contributed by atoms with Crippen LogP contribution in [0.1, 0.15) is 38.2 Å². The second-order valence-electron chi connectivity index (χ2n) is 7.78. The molecule has 1 unspecified atom stereocenters. The van der Waals surface area contributed by atoms with Crippen LogP contribution in [0.2, 0.25) is 0 Å². The van der Waals surface area contributed by atoms with Crippen LogP contribution >= 0.6 is 0 Å². The molecule has 28 heavy (non-hydrogen) atoms. The van der Waals surface area contributed by atoms with Crippen molar-refractivity contribution in [1.82, 2.24) is 5.32 Å². The fourth-order valence-electron chi connectivity index (χ4n) is 4.04. The Morgan fingerprint density at radius 2 is 1.75 bits per heavy atom. The summed E-state index contributed by atoms with van der Waals surface area (Å²) in [7, 11) is 4.60. The van der Waals surface area contributed by atoms with E-state index in [9.17, 15) is 10.1 Å². The standard InChI is InChI=1S/C21H25N3O4/c1-21(2)8-13-18(14(25)9-21)17(12(10-22)20(23)24-13)19-15(27-4)6-11(26-3)7-16(19)28-5/h6-7,17,24H,8-9,23H2,1-5H3. The Labute approximate surface area is 164 Å². The van der Waals surface area contributed by atoms with Gasteiger partial charge in [-0.15, -0.1) is 0 Å². The van der Waals surface area contributed by atoms with Gasteiger partial charge in [0.2, 0.25) is 0 Å². The van der Waals surface area contributed by atoms with E-state index in [-0.39, 0.29) is 22.6 Å². The Balaban J connectivity index is 2.31. The number of hydrogen-bond acceptors (Lipinski definition) is 7. The molecule has 0 spiro atoms. The van der Waals surface area contributed by atoms with E-state index < -0.39 is 5.92 Å². The average molecular weight is 383 g/mol. The zero-order chi connectivity index (χ0) is 20.6. The molecule has 1 atom stereocenters. The van der Waals surface area contributed by atoms with Crippen molar-refractivity contribution in [3.05, 3.63) is 40.4 Å². The molecule has 148 valence electrons. The van der Waals surface area contributed by atoms with Crippen molar-refractivity contribution in [2.45, 2.75) is 32.6 Å². The lowest BCUT2D eigenvalue weighted by molar-refractivity contribution is -0.118. The number of hydrogen-bond donors (Lipinski definition) is 2. The SMILES string of the molecule is COc1cc(OC)c(C2C(C#N)=C(N)NC3=C2C(=O)CC(C)(C)C3)c(OC)c1. The monoisotopic (exact) mass is 383 g/mol. The Morgan fingerprint density at radius 1 is 1.14 bits per heavy atom. The molecule has 1 aromatic carbocycles. The lowest BCUT2D eigenvalue weighted by atomic mass is 9.69. The van der Waals surface area contributed by atoms with Gasteiger partial charge in [-0.1, -0.05) is 13.8 Å². The number of nitrogens with one attached hydrogen (secondary N) is 1. The molecule has 0 saturated heterocycles. The maximum atomic E-state index is 13.1. The second-order valence-corrected chi connectivity index (χ2v) is 7.78. The molecule has 0 aromatic heterocycles. The maximum absolute atomic E-state index is 13.1. The van der Waals surface area contributed by atoms with Crippen molar-refractivity contribution in [3.8, 4) is 23.3 Å². The van der Waals surface area contributed by atoms with Gasteiger partial charge in [-0.2, -0.15) is 5.26 Å². The van der Waals surface area contributed by atoms with Crippen LogP contribution < -0.4 is 25.3 Å². The largest absolute Gasteiger partial charge is 0.496 e. The number of Topliss-reactive ketones (excluding diaryl/α,β-unsaturated/α-hetero) is 1. The highest BCUT2D eigenvalue weighted by atomic mass is 16.5. The minimum atomic E-state index is -0.666. The van der Waals surface area contributed by atoms with Crippen molar-refractivity contribution in [1.29, 1.82) is 5.26 Å². The molecule has 0 bridgehead atoms. The highest BCUT2D eigenvalue weighted by Crippen LogP contribution is 2.51. The van der Waals surface area contributed by atoms with Crippen molar-refractivity contribution >= 4 is 5.78 Å².